The Morgan fingerprint density at radius 1 is 1.12 bits per heavy atom. The van der Waals surface area contributed by atoms with Crippen molar-refractivity contribution in [2.45, 2.75) is 6.61 Å². The number of ether oxygens (including phenoxy) is 1. The van der Waals surface area contributed by atoms with Crippen LogP contribution in [0, 0.1) is 10.1 Å². The highest BCUT2D eigenvalue weighted by Gasteiger charge is 2.11. The Morgan fingerprint density at radius 2 is 1.91 bits per heavy atom. The number of halogens is 1. The summed E-state index contributed by atoms with van der Waals surface area (Å²) in [4.78, 5) is 22.7. The predicted octanol–water partition coefficient (Wildman–Crippen LogP) is 4.98. The second-order valence-electron chi connectivity index (χ2n) is 7.12. The van der Waals surface area contributed by atoms with Gasteiger partial charge in [-0.05, 0) is 36.4 Å². The zero-order valence-electron chi connectivity index (χ0n) is 17.6. The number of rotatable bonds is 8. The Bertz CT molecular complexity index is 1350. The first-order valence-corrected chi connectivity index (χ1v) is 10.5. The van der Waals surface area contributed by atoms with Crippen molar-refractivity contribution in [1.29, 1.82) is 0 Å². The normalized spacial score (nSPS) is 10.9. The first kappa shape index (κ1) is 22.7. The maximum Gasteiger partial charge on any atom is 0.289 e. The number of hydrogen-bond donors (Lipinski definition) is 2. The summed E-state index contributed by atoms with van der Waals surface area (Å²) in [6.45, 7) is 0.350. The summed E-state index contributed by atoms with van der Waals surface area (Å²) < 4.78 is 5.78. The molecule has 170 valence electrons. The molecular formula is C24H18ClN5O4. The van der Waals surface area contributed by atoms with Gasteiger partial charge in [0.25, 0.3) is 11.6 Å². The fourth-order valence-corrected chi connectivity index (χ4v) is 3.22. The highest BCUT2D eigenvalue weighted by Crippen LogP contribution is 2.23. The number of hydrazone groups is 1. The maximum atomic E-state index is 12.3. The van der Waals surface area contributed by atoms with Crippen molar-refractivity contribution in [1.82, 2.24) is 15.6 Å². The van der Waals surface area contributed by atoms with E-state index in [9.17, 15) is 14.9 Å². The fraction of sp³-hybridized carbons (Fsp3) is 0.0417. The number of nitrogens with one attached hydrogen (secondary N) is 2. The second kappa shape index (κ2) is 10.4. The van der Waals surface area contributed by atoms with Crippen molar-refractivity contribution in [2.75, 3.05) is 0 Å². The highest BCUT2D eigenvalue weighted by atomic mass is 35.5. The Kier molecular flexibility index (Phi) is 6.95. The molecule has 1 heterocycles. The van der Waals surface area contributed by atoms with Crippen molar-refractivity contribution in [3.8, 4) is 17.0 Å². The molecule has 0 aliphatic rings. The number of amides is 1. The molecule has 10 heteroatoms. The molecule has 0 aliphatic carbocycles. The molecular weight excluding hydrogens is 458 g/mol. The zero-order valence-corrected chi connectivity index (χ0v) is 18.4. The molecule has 1 aromatic heterocycles. The van der Waals surface area contributed by atoms with Crippen LogP contribution in [0.4, 0.5) is 5.69 Å². The Balaban J connectivity index is 1.35. The van der Waals surface area contributed by atoms with E-state index in [0.29, 0.717) is 28.6 Å². The van der Waals surface area contributed by atoms with Gasteiger partial charge in [0.15, 0.2) is 0 Å². The Hall–Kier alpha value is -4.50. The van der Waals surface area contributed by atoms with E-state index in [1.54, 1.807) is 12.1 Å². The van der Waals surface area contributed by atoms with Gasteiger partial charge in [-0.2, -0.15) is 10.2 Å². The molecule has 2 N–H and O–H groups in total. The number of carbonyl (C=O) groups excluding carboxylic acids is 1. The molecule has 0 atom stereocenters. The molecule has 0 radical (unpaired) electrons. The van der Waals surface area contributed by atoms with Crippen LogP contribution in [0.15, 0.2) is 84.0 Å². The lowest BCUT2D eigenvalue weighted by Crippen LogP contribution is -2.18. The molecule has 9 nitrogen and oxygen atoms in total. The van der Waals surface area contributed by atoms with E-state index in [2.05, 4.69) is 20.7 Å². The van der Waals surface area contributed by atoms with Gasteiger partial charge in [0, 0.05) is 33.8 Å². The topological polar surface area (TPSA) is 123 Å². The summed E-state index contributed by atoms with van der Waals surface area (Å²) in [6, 6.07) is 22.3. The molecule has 3 aromatic carbocycles. The summed E-state index contributed by atoms with van der Waals surface area (Å²) in [7, 11) is 0. The van der Waals surface area contributed by atoms with Crippen LogP contribution in [0.2, 0.25) is 5.02 Å². The highest BCUT2D eigenvalue weighted by molar-refractivity contribution is 6.31. The SMILES string of the molecule is O=C(N/N=C\c1cccc([N+](=O)[O-])c1)c1cc(-c2ccc(OCc3ccccc3Cl)cc2)n[nH]1. The Morgan fingerprint density at radius 3 is 2.68 bits per heavy atom. The van der Waals surface area contributed by atoms with Crippen molar-refractivity contribution in [3.63, 3.8) is 0 Å². The molecule has 0 bridgehead atoms. The molecule has 1 amide bonds. The quantitative estimate of drug-likeness (QED) is 0.211. The molecule has 0 aliphatic heterocycles. The smallest absolute Gasteiger partial charge is 0.289 e. The van der Waals surface area contributed by atoms with Crippen molar-refractivity contribution >= 4 is 29.4 Å². The summed E-state index contributed by atoms with van der Waals surface area (Å²) in [5, 5.41) is 22.2. The molecule has 0 saturated heterocycles. The lowest BCUT2D eigenvalue weighted by Gasteiger charge is -2.08. The van der Waals surface area contributed by atoms with Crippen molar-refractivity contribution in [3.05, 3.63) is 111 Å². The third kappa shape index (κ3) is 5.64. The first-order valence-electron chi connectivity index (χ1n) is 10.1. The predicted molar refractivity (Wildman–Crippen MR) is 128 cm³/mol. The van der Waals surface area contributed by atoms with Gasteiger partial charge in [-0.3, -0.25) is 20.0 Å². The van der Waals surface area contributed by atoms with Crippen LogP contribution < -0.4 is 10.2 Å². The minimum absolute atomic E-state index is 0.0613. The molecule has 0 unspecified atom stereocenters. The molecule has 4 aromatic rings. The van der Waals surface area contributed by atoms with Gasteiger partial charge in [-0.25, -0.2) is 5.43 Å². The number of H-pyrrole nitrogens is 1. The lowest BCUT2D eigenvalue weighted by atomic mass is 10.1. The largest absolute Gasteiger partial charge is 0.489 e. The van der Waals surface area contributed by atoms with Gasteiger partial charge in [0.2, 0.25) is 0 Å². The van der Waals surface area contributed by atoms with E-state index < -0.39 is 10.8 Å². The minimum Gasteiger partial charge on any atom is -0.489 e. The van der Waals surface area contributed by atoms with Crippen LogP contribution in [0.1, 0.15) is 21.6 Å². The maximum absolute atomic E-state index is 12.3. The number of benzene rings is 3. The van der Waals surface area contributed by atoms with E-state index in [1.807, 2.05) is 48.5 Å². The van der Waals surface area contributed by atoms with Gasteiger partial charge in [0.05, 0.1) is 16.8 Å². The molecule has 4 rings (SSSR count). The van der Waals surface area contributed by atoms with Crippen LogP contribution >= 0.6 is 11.6 Å². The molecule has 34 heavy (non-hydrogen) atoms. The van der Waals surface area contributed by atoms with Crippen LogP contribution in [-0.2, 0) is 6.61 Å². The van der Waals surface area contributed by atoms with Gasteiger partial charge in [0.1, 0.15) is 18.1 Å². The van der Waals surface area contributed by atoms with Crippen LogP contribution in [-0.4, -0.2) is 27.2 Å². The van der Waals surface area contributed by atoms with E-state index in [0.717, 1.165) is 11.1 Å². The lowest BCUT2D eigenvalue weighted by molar-refractivity contribution is -0.384. The van der Waals surface area contributed by atoms with E-state index in [4.69, 9.17) is 16.3 Å². The number of carbonyl (C=O) groups is 1. The number of nitro benzene ring substituents is 1. The standard InChI is InChI=1S/C24H18ClN5O4/c25-21-7-2-1-5-18(21)15-34-20-10-8-17(9-11-20)22-13-23(28-27-22)24(31)29-26-14-16-4-3-6-19(12-16)30(32)33/h1-14H,15H2,(H,27,28)(H,29,31)/b26-14-. The monoisotopic (exact) mass is 475 g/mol. The van der Waals surface area contributed by atoms with Crippen molar-refractivity contribution in [2.24, 2.45) is 5.10 Å². The van der Waals surface area contributed by atoms with E-state index in [1.165, 1.54) is 24.4 Å². The van der Waals surface area contributed by atoms with Crippen LogP contribution in [0.5, 0.6) is 5.75 Å². The van der Waals surface area contributed by atoms with Gasteiger partial charge in [-0.15, -0.1) is 0 Å². The number of nitro groups is 1. The summed E-state index contributed by atoms with van der Waals surface area (Å²) in [5.41, 5.74) is 5.26. The molecule has 0 fully saturated rings. The van der Waals surface area contributed by atoms with Gasteiger partial charge >= 0.3 is 0 Å². The Labute approximate surface area is 199 Å². The third-order valence-electron chi connectivity index (χ3n) is 4.79. The zero-order chi connectivity index (χ0) is 23.9. The second-order valence-corrected chi connectivity index (χ2v) is 7.53. The third-order valence-corrected chi connectivity index (χ3v) is 5.15. The molecule has 0 spiro atoms. The molecule has 0 saturated carbocycles. The average Bonchev–Trinajstić information content (AvgIpc) is 3.34. The van der Waals surface area contributed by atoms with Gasteiger partial charge in [-0.1, -0.05) is 41.9 Å². The first-order chi connectivity index (χ1) is 16.5. The summed E-state index contributed by atoms with van der Waals surface area (Å²) >= 11 is 6.15. The van der Waals surface area contributed by atoms with Crippen LogP contribution in [0.3, 0.4) is 0 Å². The number of non-ortho nitro benzene ring substituents is 1. The number of nitrogens with zero attached hydrogens (tertiary/aromatic N) is 3. The average molecular weight is 476 g/mol. The fourth-order valence-electron chi connectivity index (χ4n) is 3.03. The summed E-state index contributed by atoms with van der Waals surface area (Å²) in [6.07, 6.45) is 1.32. The van der Waals surface area contributed by atoms with Gasteiger partial charge < -0.3 is 4.74 Å². The number of aromatic amines is 1. The van der Waals surface area contributed by atoms with Crippen LogP contribution in [0.25, 0.3) is 11.3 Å². The number of aromatic nitrogens is 2. The van der Waals surface area contributed by atoms with E-state index >= 15 is 0 Å². The van der Waals surface area contributed by atoms with E-state index in [-0.39, 0.29) is 11.4 Å². The minimum atomic E-state index is -0.500. The van der Waals surface area contributed by atoms with Crippen molar-refractivity contribution < 1.29 is 14.5 Å². The number of hydrogen-bond acceptors (Lipinski definition) is 6. The summed E-state index contributed by atoms with van der Waals surface area (Å²) in [5.74, 6) is 0.174.